The van der Waals surface area contributed by atoms with Crippen LogP contribution in [-0.4, -0.2) is 34.6 Å². The van der Waals surface area contributed by atoms with Gasteiger partial charge in [0.15, 0.2) is 0 Å². The van der Waals surface area contributed by atoms with Crippen molar-refractivity contribution in [2.75, 3.05) is 11.4 Å². The standard InChI is InChI=1S/C14H21N3O3/c1-5-17(9(3)7-12(18)19)11-6-8(2)16-10(4)13(11)14(15)20/h6,9H,5,7H2,1-4H3,(H2,15,20)(H,18,19). The zero-order chi connectivity index (χ0) is 15.4. The minimum absolute atomic E-state index is 0.00748. The Bertz CT molecular complexity index is 529. The fourth-order valence-corrected chi connectivity index (χ4v) is 2.42. The van der Waals surface area contributed by atoms with Crippen molar-refractivity contribution in [1.82, 2.24) is 4.98 Å². The Morgan fingerprint density at radius 1 is 1.45 bits per heavy atom. The topological polar surface area (TPSA) is 96.5 Å². The van der Waals surface area contributed by atoms with Gasteiger partial charge in [-0.05, 0) is 33.8 Å². The first kappa shape index (κ1) is 15.9. The van der Waals surface area contributed by atoms with Crippen LogP contribution in [0, 0.1) is 13.8 Å². The predicted octanol–water partition coefficient (Wildman–Crippen LogP) is 1.49. The van der Waals surface area contributed by atoms with Crippen LogP contribution in [-0.2, 0) is 4.79 Å². The highest BCUT2D eigenvalue weighted by Gasteiger charge is 2.22. The minimum atomic E-state index is -0.876. The molecule has 0 aliphatic carbocycles. The number of aromatic nitrogens is 1. The Hall–Kier alpha value is -2.11. The molecule has 1 atom stereocenters. The van der Waals surface area contributed by atoms with Crippen LogP contribution in [0.2, 0.25) is 0 Å². The molecule has 0 bridgehead atoms. The smallest absolute Gasteiger partial charge is 0.305 e. The summed E-state index contributed by atoms with van der Waals surface area (Å²) in [5.41, 5.74) is 7.78. The van der Waals surface area contributed by atoms with Crippen molar-refractivity contribution in [3.8, 4) is 0 Å². The van der Waals surface area contributed by atoms with Gasteiger partial charge in [-0.3, -0.25) is 14.6 Å². The van der Waals surface area contributed by atoms with Crippen molar-refractivity contribution in [1.29, 1.82) is 0 Å². The van der Waals surface area contributed by atoms with Crippen LogP contribution in [0.25, 0.3) is 0 Å². The molecule has 0 aliphatic rings. The number of primary amides is 1. The lowest BCUT2D eigenvalue weighted by molar-refractivity contribution is -0.137. The van der Waals surface area contributed by atoms with E-state index < -0.39 is 11.9 Å². The molecule has 0 aromatic carbocycles. The molecule has 110 valence electrons. The normalized spacial score (nSPS) is 12.0. The highest BCUT2D eigenvalue weighted by atomic mass is 16.4. The molecule has 6 nitrogen and oxygen atoms in total. The van der Waals surface area contributed by atoms with Crippen LogP contribution in [0.1, 0.15) is 42.0 Å². The van der Waals surface area contributed by atoms with E-state index in [1.807, 2.05) is 25.7 Å². The number of pyridine rings is 1. The number of hydrogen-bond acceptors (Lipinski definition) is 4. The molecule has 1 aromatic rings. The van der Waals surface area contributed by atoms with Crippen LogP contribution in [0.4, 0.5) is 5.69 Å². The van der Waals surface area contributed by atoms with E-state index in [9.17, 15) is 9.59 Å². The van der Waals surface area contributed by atoms with Crippen molar-refractivity contribution in [2.45, 2.75) is 40.2 Å². The summed E-state index contributed by atoms with van der Waals surface area (Å²) in [6, 6.07) is 1.53. The Morgan fingerprint density at radius 3 is 2.50 bits per heavy atom. The number of amides is 1. The molecule has 0 saturated heterocycles. The van der Waals surface area contributed by atoms with Crippen LogP contribution in [0.15, 0.2) is 6.07 Å². The maximum absolute atomic E-state index is 11.7. The fourth-order valence-electron chi connectivity index (χ4n) is 2.42. The first-order chi connectivity index (χ1) is 9.27. The second-order valence-corrected chi connectivity index (χ2v) is 4.84. The van der Waals surface area contributed by atoms with E-state index in [0.717, 1.165) is 5.69 Å². The Kier molecular flexibility index (Phi) is 5.07. The highest BCUT2D eigenvalue weighted by Crippen LogP contribution is 2.26. The summed E-state index contributed by atoms with van der Waals surface area (Å²) in [5, 5.41) is 8.93. The molecule has 1 aromatic heterocycles. The van der Waals surface area contributed by atoms with E-state index in [1.165, 1.54) is 0 Å². The van der Waals surface area contributed by atoms with E-state index in [0.29, 0.717) is 23.5 Å². The first-order valence-corrected chi connectivity index (χ1v) is 6.54. The molecule has 0 saturated carbocycles. The quantitative estimate of drug-likeness (QED) is 0.822. The van der Waals surface area contributed by atoms with Crippen LogP contribution >= 0.6 is 0 Å². The molecule has 0 fully saturated rings. The second-order valence-electron chi connectivity index (χ2n) is 4.84. The van der Waals surface area contributed by atoms with E-state index in [1.54, 1.807) is 13.0 Å². The number of hydrogen-bond donors (Lipinski definition) is 2. The van der Waals surface area contributed by atoms with Gasteiger partial charge in [-0.1, -0.05) is 0 Å². The van der Waals surface area contributed by atoms with Crippen molar-refractivity contribution in [3.63, 3.8) is 0 Å². The van der Waals surface area contributed by atoms with E-state index in [-0.39, 0.29) is 12.5 Å². The van der Waals surface area contributed by atoms with Crippen molar-refractivity contribution >= 4 is 17.6 Å². The number of anilines is 1. The first-order valence-electron chi connectivity index (χ1n) is 6.54. The molecule has 0 radical (unpaired) electrons. The zero-order valence-electron chi connectivity index (χ0n) is 12.3. The van der Waals surface area contributed by atoms with Crippen LogP contribution < -0.4 is 10.6 Å². The highest BCUT2D eigenvalue weighted by molar-refractivity contribution is 5.99. The lowest BCUT2D eigenvalue weighted by Gasteiger charge is -2.31. The van der Waals surface area contributed by atoms with Crippen LogP contribution in [0.3, 0.4) is 0 Å². The SMILES string of the molecule is CCN(c1cc(C)nc(C)c1C(N)=O)C(C)CC(=O)O. The third-order valence-electron chi connectivity index (χ3n) is 3.21. The lowest BCUT2D eigenvalue weighted by atomic mass is 10.1. The van der Waals surface area contributed by atoms with Gasteiger partial charge in [0, 0.05) is 18.3 Å². The van der Waals surface area contributed by atoms with Gasteiger partial charge < -0.3 is 15.7 Å². The molecule has 0 aliphatic heterocycles. The average molecular weight is 279 g/mol. The molecule has 6 heteroatoms. The van der Waals surface area contributed by atoms with E-state index in [2.05, 4.69) is 4.98 Å². The summed E-state index contributed by atoms with van der Waals surface area (Å²) in [5.74, 6) is -1.43. The minimum Gasteiger partial charge on any atom is -0.481 e. The molecule has 0 spiro atoms. The molecule has 3 N–H and O–H groups in total. The molecular formula is C14H21N3O3. The molecule has 20 heavy (non-hydrogen) atoms. The molecule has 1 rings (SSSR count). The van der Waals surface area contributed by atoms with Gasteiger partial charge in [0.25, 0.3) is 5.91 Å². The molecular weight excluding hydrogens is 258 g/mol. The van der Waals surface area contributed by atoms with E-state index >= 15 is 0 Å². The summed E-state index contributed by atoms with van der Waals surface area (Å²) in [6.07, 6.45) is -0.00748. The molecule has 1 heterocycles. The van der Waals surface area contributed by atoms with E-state index in [4.69, 9.17) is 10.8 Å². The van der Waals surface area contributed by atoms with Crippen molar-refractivity contribution in [2.24, 2.45) is 5.73 Å². The fraction of sp³-hybridized carbons (Fsp3) is 0.500. The summed E-state index contributed by atoms with van der Waals surface area (Å²) in [4.78, 5) is 28.7. The largest absolute Gasteiger partial charge is 0.481 e. The number of carbonyl (C=O) groups excluding carboxylic acids is 1. The predicted molar refractivity (Wildman–Crippen MR) is 77.0 cm³/mol. The van der Waals surface area contributed by atoms with Crippen molar-refractivity contribution < 1.29 is 14.7 Å². The van der Waals surface area contributed by atoms with Gasteiger partial charge in [0.05, 0.1) is 23.4 Å². The Balaban J connectivity index is 3.33. The average Bonchev–Trinajstić information content (AvgIpc) is 2.26. The Labute approximate surface area is 118 Å². The van der Waals surface area contributed by atoms with Gasteiger partial charge >= 0.3 is 5.97 Å². The van der Waals surface area contributed by atoms with Crippen LogP contribution in [0.5, 0.6) is 0 Å². The number of carboxylic acids is 1. The van der Waals surface area contributed by atoms with Gasteiger partial charge in [-0.25, -0.2) is 0 Å². The number of rotatable bonds is 6. The Morgan fingerprint density at radius 2 is 2.05 bits per heavy atom. The number of nitrogens with zero attached hydrogens (tertiary/aromatic N) is 2. The maximum atomic E-state index is 11.7. The lowest BCUT2D eigenvalue weighted by Crippen LogP contribution is -2.36. The third kappa shape index (κ3) is 3.46. The summed E-state index contributed by atoms with van der Waals surface area (Å²) in [7, 11) is 0. The number of aryl methyl sites for hydroxylation is 2. The molecule has 1 amide bonds. The zero-order valence-corrected chi connectivity index (χ0v) is 12.3. The molecule has 1 unspecified atom stereocenters. The summed E-state index contributed by atoms with van der Waals surface area (Å²) in [6.45, 7) is 7.86. The van der Waals surface area contributed by atoms with Crippen molar-refractivity contribution in [3.05, 3.63) is 23.0 Å². The maximum Gasteiger partial charge on any atom is 0.305 e. The van der Waals surface area contributed by atoms with Gasteiger partial charge in [0.2, 0.25) is 0 Å². The van der Waals surface area contributed by atoms with Gasteiger partial charge in [0.1, 0.15) is 0 Å². The van der Waals surface area contributed by atoms with Gasteiger partial charge in [-0.2, -0.15) is 0 Å². The number of aliphatic carboxylic acids is 1. The second kappa shape index (κ2) is 6.36. The van der Waals surface area contributed by atoms with Gasteiger partial charge in [-0.15, -0.1) is 0 Å². The summed E-state index contributed by atoms with van der Waals surface area (Å²) >= 11 is 0. The number of carbonyl (C=O) groups is 2. The number of carboxylic acid groups (broad SMARTS) is 1. The monoisotopic (exact) mass is 279 g/mol. The third-order valence-corrected chi connectivity index (χ3v) is 3.21. The summed E-state index contributed by atoms with van der Waals surface area (Å²) < 4.78 is 0. The number of nitrogens with two attached hydrogens (primary N) is 1.